The monoisotopic (exact) mass is 386 g/mol. The van der Waals surface area contributed by atoms with E-state index in [-0.39, 0.29) is 12.5 Å². The number of ether oxygens (including phenoxy) is 3. The number of benzene rings is 2. The molecule has 2 N–H and O–H groups in total. The standard InChI is InChI=1S/C21H26N2O5/c1-21(2,3)28-20(25)23-16-8-6-10-18(14-16)27-12-11-22-19(24)15-7-5-9-17(13-15)26-4/h5-10,13-14H,11-12H2,1-4H3,(H,22,24)(H,23,25). The van der Waals surface area contributed by atoms with Crippen LogP contribution in [0.4, 0.5) is 10.5 Å². The van der Waals surface area contributed by atoms with Crippen molar-refractivity contribution in [1.29, 1.82) is 0 Å². The average Bonchev–Trinajstić information content (AvgIpc) is 2.64. The van der Waals surface area contributed by atoms with Crippen LogP contribution in [0, 0.1) is 0 Å². The highest BCUT2D eigenvalue weighted by molar-refractivity contribution is 5.94. The highest BCUT2D eigenvalue weighted by Crippen LogP contribution is 2.18. The zero-order chi connectivity index (χ0) is 20.6. The Bertz CT molecular complexity index is 814. The fourth-order valence-electron chi connectivity index (χ4n) is 2.28. The van der Waals surface area contributed by atoms with Crippen LogP contribution in [-0.4, -0.2) is 37.9 Å². The van der Waals surface area contributed by atoms with E-state index >= 15 is 0 Å². The van der Waals surface area contributed by atoms with Crippen molar-refractivity contribution in [1.82, 2.24) is 5.32 Å². The van der Waals surface area contributed by atoms with E-state index in [4.69, 9.17) is 14.2 Å². The Morgan fingerprint density at radius 2 is 1.71 bits per heavy atom. The smallest absolute Gasteiger partial charge is 0.412 e. The molecule has 2 aromatic rings. The molecule has 0 atom stereocenters. The van der Waals surface area contributed by atoms with Gasteiger partial charge in [0.05, 0.1) is 13.7 Å². The minimum absolute atomic E-state index is 0.206. The number of hydrogen-bond donors (Lipinski definition) is 2. The molecular formula is C21H26N2O5. The molecule has 0 bridgehead atoms. The Morgan fingerprint density at radius 1 is 1.00 bits per heavy atom. The Morgan fingerprint density at radius 3 is 2.43 bits per heavy atom. The van der Waals surface area contributed by atoms with E-state index in [1.807, 2.05) is 0 Å². The first-order valence-corrected chi connectivity index (χ1v) is 8.92. The summed E-state index contributed by atoms with van der Waals surface area (Å²) >= 11 is 0. The number of anilines is 1. The van der Waals surface area contributed by atoms with Crippen LogP contribution in [0.15, 0.2) is 48.5 Å². The second kappa shape index (κ2) is 9.64. The summed E-state index contributed by atoms with van der Waals surface area (Å²) in [6, 6.07) is 13.9. The molecule has 2 aromatic carbocycles. The van der Waals surface area contributed by atoms with Crippen LogP contribution in [0.2, 0.25) is 0 Å². The van der Waals surface area contributed by atoms with Gasteiger partial charge >= 0.3 is 6.09 Å². The van der Waals surface area contributed by atoms with Gasteiger partial charge in [-0.1, -0.05) is 12.1 Å². The number of carbonyl (C=O) groups is 2. The van der Waals surface area contributed by atoms with Crippen LogP contribution in [0.1, 0.15) is 31.1 Å². The first kappa shape index (κ1) is 21.1. The molecule has 28 heavy (non-hydrogen) atoms. The van der Waals surface area contributed by atoms with E-state index in [1.54, 1.807) is 76.4 Å². The van der Waals surface area contributed by atoms with Crippen molar-refractivity contribution in [3.05, 3.63) is 54.1 Å². The Hall–Kier alpha value is -3.22. The van der Waals surface area contributed by atoms with Gasteiger partial charge in [-0.15, -0.1) is 0 Å². The molecular weight excluding hydrogens is 360 g/mol. The van der Waals surface area contributed by atoms with E-state index in [0.717, 1.165) is 0 Å². The van der Waals surface area contributed by atoms with Crippen molar-refractivity contribution >= 4 is 17.7 Å². The van der Waals surface area contributed by atoms with E-state index < -0.39 is 11.7 Å². The van der Waals surface area contributed by atoms with E-state index in [0.29, 0.717) is 29.3 Å². The van der Waals surface area contributed by atoms with Gasteiger partial charge in [-0.05, 0) is 51.1 Å². The molecule has 0 aliphatic heterocycles. The summed E-state index contributed by atoms with van der Waals surface area (Å²) in [4.78, 5) is 24.0. The summed E-state index contributed by atoms with van der Waals surface area (Å²) in [7, 11) is 1.55. The lowest BCUT2D eigenvalue weighted by atomic mass is 10.2. The minimum Gasteiger partial charge on any atom is -0.497 e. The molecule has 2 rings (SSSR count). The molecule has 7 nitrogen and oxygen atoms in total. The van der Waals surface area contributed by atoms with Crippen molar-refractivity contribution in [2.75, 3.05) is 25.6 Å². The Kier molecular flexibility index (Phi) is 7.26. The molecule has 7 heteroatoms. The van der Waals surface area contributed by atoms with Gasteiger partial charge in [-0.2, -0.15) is 0 Å². The van der Waals surface area contributed by atoms with Crippen molar-refractivity contribution in [2.45, 2.75) is 26.4 Å². The van der Waals surface area contributed by atoms with Crippen molar-refractivity contribution in [3.63, 3.8) is 0 Å². The molecule has 2 amide bonds. The van der Waals surface area contributed by atoms with Gasteiger partial charge in [-0.25, -0.2) is 4.79 Å². The van der Waals surface area contributed by atoms with Gasteiger partial charge in [0.25, 0.3) is 5.91 Å². The fraction of sp³-hybridized carbons (Fsp3) is 0.333. The molecule has 0 radical (unpaired) electrons. The molecule has 0 heterocycles. The minimum atomic E-state index is -0.570. The number of rotatable bonds is 7. The van der Waals surface area contributed by atoms with Crippen LogP contribution in [-0.2, 0) is 4.74 Å². The van der Waals surface area contributed by atoms with Gasteiger partial charge < -0.3 is 19.5 Å². The highest BCUT2D eigenvalue weighted by Gasteiger charge is 2.16. The number of hydrogen-bond acceptors (Lipinski definition) is 5. The Balaban J connectivity index is 1.80. The van der Waals surface area contributed by atoms with Crippen LogP contribution in [0.5, 0.6) is 11.5 Å². The van der Waals surface area contributed by atoms with Crippen molar-refractivity contribution < 1.29 is 23.8 Å². The number of carbonyl (C=O) groups excluding carboxylic acids is 2. The number of amides is 2. The SMILES string of the molecule is COc1cccc(C(=O)NCCOc2cccc(NC(=O)OC(C)(C)C)c2)c1. The predicted molar refractivity (Wildman–Crippen MR) is 107 cm³/mol. The van der Waals surface area contributed by atoms with Gasteiger partial charge in [0.1, 0.15) is 23.7 Å². The fourth-order valence-corrected chi connectivity index (χ4v) is 2.28. The third-order valence-corrected chi connectivity index (χ3v) is 3.47. The average molecular weight is 386 g/mol. The highest BCUT2D eigenvalue weighted by atomic mass is 16.6. The summed E-state index contributed by atoms with van der Waals surface area (Å²) < 4.78 is 16.0. The lowest BCUT2D eigenvalue weighted by Crippen LogP contribution is -2.28. The molecule has 150 valence electrons. The van der Waals surface area contributed by atoms with E-state index in [1.165, 1.54) is 0 Å². The zero-order valence-corrected chi connectivity index (χ0v) is 16.6. The van der Waals surface area contributed by atoms with Crippen LogP contribution >= 0.6 is 0 Å². The lowest BCUT2D eigenvalue weighted by Gasteiger charge is -2.19. The maximum Gasteiger partial charge on any atom is 0.412 e. The second-order valence-corrected chi connectivity index (χ2v) is 6.99. The quantitative estimate of drug-likeness (QED) is 0.706. The molecule has 0 aromatic heterocycles. The third-order valence-electron chi connectivity index (χ3n) is 3.47. The predicted octanol–water partition coefficient (Wildman–Crippen LogP) is 3.85. The van der Waals surface area contributed by atoms with Crippen molar-refractivity contribution in [2.24, 2.45) is 0 Å². The molecule has 0 spiro atoms. The topological polar surface area (TPSA) is 85.9 Å². The molecule has 0 aliphatic carbocycles. The first-order valence-electron chi connectivity index (χ1n) is 8.92. The summed E-state index contributed by atoms with van der Waals surface area (Å²) in [5, 5.41) is 5.44. The normalized spacial score (nSPS) is 10.7. The second-order valence-electron chi connectivity index (χ2n) is 6.99. The first-order chi connectivity index (χ1) is 13.3. The van der Waals surface area contributed by atoms with Crippen molar-refractivity contribution in [3.8, 4) is 11.5 Å². The maximum atomic E-state index is 12.1. The zero-order valence-electron chi connectivity index (χ0n) is 16.6. The van der Waals surface area contributed by atoms with Crippen LogP contribution in [0.3, 0.4) is 0 Å². The van der Waals surface area contributed by atoms with Gasteiger partial charge in [0, 0.05) is 17.3 Å². The summed E-state index contributed by atoms with van der Waals surface area (Å²) in [5.74, 6) is 0.991. The molecule has 0 fully saturated rings. The van der Waals surface area contributed by atoms with Gasteiger partial charge in [-0.3, -0.25) is 10.1 Å². The van der Waals surface area contributed by atoms with Gasteiger partial charge in [0.2, 0.25) is 0 Å². The van der Waals surface area contributed by atoms with Crippen LogP contribution in [0.25, 0.3) is 0 Å². The molecule has 0 saturated carbocycles. The molecule has 0 unspecified atom stereocenters. The van der Waals surface area contributed by atoms with E-state index in [9.17, 15) is 9.59 Å². The molecule has 0 aliphatic rings. The summed E-state index contributed by atoms with van der Waals surface area (Å²) in [6.45, 7) is 6.01. The van der Waals surface area contributed by atoms with Gasteiger partial charge in [0.15, 0.2) is 0 Å². The number of methoxy groups -OCH3 is 1. The van der Waals surface area contributed by atoms with Crippen LogP contribution < -0.4 is 20.1 Å². The van der Waals surface area contributed by atoms with E-state index in [2.05, 4.69) is 10.6 Å². The summed E-state index contributed by atoms with van der Waals surface area (Å²) in [6.07, 6.45) is -0.532. The third kappa shape index (κ3) is 7.19. The molecule has 0 saturated heterocycles. The Labute approximate surface area is 165 Å². The lowest BCUT2D eigenvalue weighted by molar-refractivity contribution is 0.0635. The number of nitrogens with one attached hydrogen (secondary N) is 2. The maximum absolute atomic E-state index is 12.1. The summed E-state index contributed by atoms with van der Waals surface area (Å²) in [5.41, 5.74) is 0.509. The largest absolute Gasteiger partial charge is 0.497 e.